The number of hydrogen-bond acceptors (Lipinski definition) is 1. The molecule has 3 unspecified atom stereocenters. The highest BCUT2D eigenvalue weighted by atomic mass is 79.9. The molecule has 0 amide bonds. The first-order valence-corrected chi connectivity index (χ1v) is 8.04. The highest BCUT2D eigenvalue weighted by molar-refractivity contribution is 9.10. The predicted molar refractivity (Wildman–Crippen MR) is 88.1 cm³/mol. The topological polar surface area (TPSA) is 12.0 Å². The Kier molecular flexibility index (Phi) is 4.23. The molecule has 0 saturated heterocycles. The summed E-state index contributed by atoms with van der Waals surface area (Å²) in [7, 11) is 2.05. The van der Waals surface area contributed by atoms with E-state index in [2.05, 4.69) is 75.8 Å². The van der Waals surface area contributed by atoms with Gasteiger partial charge in [-0.1, -0.05) is 58.4 Å². The highest BCUT2D eigenvalue weighted by Gasteiger charge is 2.43. The Hall–Kier alpha value is -1.12. The van der Waals surface area contributed by atoms with Crippen molar-refractivity contribution in [2.45, 2.75) is 18.3 Å². The molecule has 1 saturated carbocycles. The Morgan fingerprint density at radius 2 is 1.80 bits per heavy atom. The first-order valence-electron chi connectivity index (χ1n) is 7.24. The molecule has 0 radical (unpaired) electrons. The molecule has 1 fully saturated rings. The average molecular weight is 330 g/mol. The van der Waals surface area contributed by atoms with Crippen LogP contribution in [0.1, 0.15) is 29.4 Å². The summed E-state index contributed by atoms with van der Waals surface area (Å²) in [5, 5.41) is 3.36. The molecular weight excluding hydrogens is 310 g/mol. The maximum atomic E-state index is 3.52. The molecule has 2 aromatic rings. The SMILES string of the molecule is CNCC(c1ccc(Br)cc1)C1CC1c1ccccc1. The lowest BCUT2D eigenvalue weighted by Crippen LogP contribution is -2.19. The van der Waals surface area contributed by atoms with Gasteiger partial charge in [-0.2, -0.15) is 0 Å². The van der Waals surface area contributed by atoms with Crippen LogP contribution in [-0.4, -0.2) is 13.6 Å². The van der Waals surface area contributed by atoms with E-state index in [0.717, 1.165) is 22.9 Å². The van der Waals surface area contributed by atoms with Crippen LogP contribution in [0.25, 0.3) is 0 Å². The normalized spacial score (nSPS) is 22.5. The monoisotopic (exact) mass is 329 g/mol. The maximum absolute atomic E-state index is 3.52. The summed E-state index contributed by atoms with van der Waals surface area (Å²) in [6.45, 7) is 1.05. The molecule has 0 heterocycles. The van der Waals surface area contributed by atoms with Gasteiger partial charge in [0.05, 0.1) is 0 Å². The van der Waals surface area contributed by atoms with Gasteiger partial charge in [-0.05, 0) is 54.5 Å². The van der Waals surface area contributed by atoms with Crippen molar-refractivity contribution >= 4 is 15.9 Å². The molecule has 1 aliphatic rings. The zero-order valence-electron chi connectivity index (χ0n) is 11.7. The number of likely N-dealkylation sites (N-methyl/N-ethyl adjacent to an activating group) is 1. The van der Waals surface area contributed by atoms with Crippen LogP contribution < -0.4 is 5.32 Å². The van der Waals surface area contributed by atoms with E-state index in [1.807, 2.05) is 7.05 Å². The van der Waals surface area contributed by atoms with Crippen LogP contribution in [0.2, 0.25) is 0 Å². The number of rotatable bonds is 5. The van der Waals surface area contributed by atoms with E-state index in [4.69, 9.17) is 0 Å². The number of nitrogens with one attached hydrogen (secondary N) is 1. The number of benzene rings is 2. The van der Waals surface area contributed by atoms with Crippen molar-refractivity contribution in [2.75, 3.05) is 13.6 Å². The van der Waals surface area contributed by atoms with E-state index in [-0.39, 0.29) is 0 Å². The third-order valence-electron chi connectivity index (χ3n) is 4.31. The van der Waals surface area contributed by atoms with Gasteiger partial charge in [-0.15, -0.1) is 0 Å². The van der Waals surface area contributed by atoms with Crippen molar-refractivity contribution < 1.29 is 0 Å². The van der Waals surface area contributed by atoms with E-state index in [9.17, 15) is 0 Å². The van der Waals surface area contributed by atoms with E-state index in [1.54, 1.807) is 0 Å². The zero-order valence-corrected chi connectivity index (χ0v) is 13.3. The van der Waals surface area contributed by atoms with Crippen LogP contribution in [0, 0.1) is 5.92 Å². The second kappa shape index (κ2) is 6.11. The summed E-state index contributed by atoms with van der Waals surface area (Å²) in [4.78, 5) is 0. The minimum atomic E-state index is 0.610. The maximum Gasteiger partial charge on any atom is 0.0175 e. The Balaban J connectivity index is 1.78. The van der Waals surface area contributed by atoms with Crippen LogP contribution >= 0.6 is 15.9 Å². The van der Waals surface area contributed by atoms with Crippen LogP contribution in [-0.2, 0) is 0 Å². The lowest BCUT2D eigenvalue weighted by Gasteiger charge is -2.17. The standard InChI is InChI=1S/C18H20BrN/c1-20-12-18(14-7-9-15(19)10-8-14)17-11-16(17)13-5-3-2-4-6-13/h2-10,16-18,20H,11-12H2,1H3. The molecule has 0 aliphatic heterocycles. The predicted octanol–water partition coefficient (Wildman–Crippen LogP) is 4.56. The highest BCUT2D eigenvalue weighted by Crippen LogP contribution is 2.54. The third-order valence-corrected chi connectivity index (χ3v) is 4.84. The lowest BCUT2D eigenvalue weighted by atomic mass is 9.91. The van der Waals surface area contributed by atoms with Crippen molar-refractivity contribution in [1.29, 1.82) is 0 Å². The zero-order chi connectivity index (χ0) is 13.9. The van der Waals surface area contributed by atoms with E-state index >= 15 is 0 Å². The van der Waals surface area contributed by atoms with E-state index in [0.29, 0.717) is 5.92 Å². The third kappa shape index (κ3) is 2.97. The molecule has 20 heavy (non-hydrogen) atoms. The first-order chi connectivity index (χ1) is 9.79. The van der Waals surface area contributed by atoms with Crippen molar-refractivity contribution in [1.82, 2.24) is 5.32 Å². The van der Waals surface area contributed by atoms with Gasteiger partial charge in [0.25, 0.3) is 0 Å². The quantitative estimate of drug-likeness (QED) is 0.848. The molecule has 1 nitrogen and oxygen atoms in total. The average Bonchev–Trinajstić information content (AvgIpc) is 3.27. The minimum absolute atomic E-state index is 0.610. The van der Waals surface area contributed by atoms with Gasteiger partial charge >= 0.3 is 0 Å². The number of hydrogen-bond donors (Lipinski definition) is 1. The van der Waals surface area contributed by atoms with Crippen molar-refractivity contribution in [3.05, 3.63) is 70.2 Å². The molecule has 3 rings (SSSR count). The van der Waals surface area contributed by atoms with Crippen LogP contribution in [0.3, 0.4) is 0 Å². The Morgan fingerprint density at radius 3 is 2.45 bits per heavy atom. The van der Waals surface area contributed by atoms with Gasteiger partial charge in [0.15, 0.2) is 0 Å². The fourth-order valence-corrected chi connectivity index (χ4v) is 3.45. The van der Waals surface area contributed by atoms with E-state index in [1.165, 1.54) is 17.5 Å². The largest absolute Gasteiger partial charge is 0.319 e. The fraction of sp³-hybridized carbons (Fsp3) is 0.333. The molecule has 0 bridgehead atoms. The van der Waals surface area contributed by atoms with Crippen LogP contribution in [0.4, 0.5) is 0 Å². The summed E-state index contributed by atoms with van der Waals surface area (Å²) in [5.41, 5.74) is 2.95. The molecule has 0 aromatic heterocycles. The lowest BCUT2D eigenvalue weighted by molar-refractivity contribution is 0.555. The molecule has 0 spiro atoms. The van der Waals surface area contributed by atoms with Gasteiger partial charge in [0.1, 0.15) is 0 Å². The van der Waals surface area contributed by atoms with Gasteiger partial charge in [0.2, 0.25) is 0 Å². The van der Waals surface area contributed by atoms with Crippen LogP contribution in [0.15, 0.2) is 59.1 Å². The van der Waals surface area contributed by atoms with Crippen molar-refractivity contribution in [3.8, 4) is 0 Å². The molecule has 104 valence electrons. The van der Waals surface area contributed by atoms with Gasteiger partial charge in [-0.3, -0.25) is 0 Å². The molecule has 2 heteroatoms. The van der Waals surface area contributed by atoms with Gasteiger partial charge < -0.3 is 5.32 Å². The van der Waals surface area contributed by atoms with Crippen molar-refractivity contribution in [3.63, 3.8) is 0 Å². The number of halogens is 1. The molecular formula is C18H20BrN. The Morgan fingerprint density at radius 1 is 1.10 bits per heavy atom. The first kappa shape index (κ1) is 13.8. The second-order valence-electron chi connectivity index (χ2n) is 5.63. The molecule has 1 N–H and O–H groups in total. The fourth-order valence-electron chi connectivity index (χ4n) is 3.19. The molecule has 1 aliphatic carbocycles. The molecule has 2 aromatic carbocycles. The smallest absolute Gasteiger partial charge is 0.0175 e. The van der Waals surface area contributed by atoms with Crippen molar-refractivity contribution in [2.24, 2.45) is 5.92 Å². The summed E-state index contributed by atoms with van der Waals surface area (Å²) in [6.07, 6.45) is 1.31. The Labute approximate surface area is 129 Å². The van der Waals surface area contributed by atoms with Gasteiger partial charge in [0, 0.05) is 11.0 Å². The van der Waals surface area contributed by atoms with E-state index < -0.39 is 0 Å². The summed E-state index contributed by atoms with van der Waals surface area (Å²) < 4.78 is 1.15. The van der Waals surface area contributed by atoms with Gasteiger partial charge in [-0.25, -0.2) is 0 Å². The Bertz CT molecular complexity index is 549. The second-order valence-corrected chi connectivity index (χ2v) is 6.55. The molecule has 3 atom stereocenters. The summed E-state index contributed by atoms with van der Waals surface area (Å²) in [6, 6.07) is 19.7. The summed E-state index contributed by atoms with van der Waals surface area (Å²) >= 11 is 3.52. The summed E-state index contributed by atoms with van der Waals surface area (Å²) in [5.74, 6) is 2.11. The minimum Gasteiger partial charge on any atom is -0.319 e. The van der Waals surface area contributed by atoms with Crippen LogP contribution in [0.5, 0.6) is 0 Å².